The molecule has 0 fully saturated rings. The summed E-state index contributed by atoms with van der Waals surface area (Å²) in [5.74, 6) is 0.925. The lowest BCUT2D eigenvalue weighted by Gasteiger charge is -2.20. The Morgan fingerprint density at radius 3 is 2.41 bits per heavy atom. The third-order valence-corrected chi connectivity index (χ3v) is 2.96. The molecule has 0 aromatic heterocycles. The van der Waals surface area contributed by atoms with Gasteiger partial charge in [-0.15, -0.1) is 0 Å². The second kappa shape index (κ2) is 7.30. The summed E-state index contributed by atoms with van der Waals surface area (Å²) < 4.78 is 5.67. The highest BCUT2D eigenvalue weighted by Crippen LogP contribution is 2.12. The Labute approximate surface area is 105 Å². The molecule has 17 heavy (non-hydrogen) atoms. The van der Waals surface area contributed by atoms with Crippen LogP contribution in [0.1, 0.15) is 25.8 Å². The van der Waals surface area contributed by atoms with Crippen LogP contribution >= 0.6 is 0 Å². The van der Waals surface area contributed by atoms with Gasteiger partial charge in [0.1, 0.15) is 5.75 Å². The van der Waals surface area contributed by atoms with Crippen LogP contribution in [0.25, 0.3) is 0 Å². The van der Waals surface area contributed by atoms with Crippen LogP contribution in [-0.4, -0.2) is 31.1 Å². The van der Waals surface area contributed by atoms with Crippen molar-refractivity contribution in [2.45, 2.75) is 32.9 Å². The Morgan fingerprint density at radius 1 is 1.24 bits per heavy atom. The van der Waals surface area contributed by atoms with E-state index in [1.54, 1.807) is 0 Å². The predicted octanol–water partition coefficient (Wildman–Crippen LogP) is 2.25. The summed E-state index contributed by atoms with van der Waals surface area (Å²) in [4.78, 5) is 2.32. The smallest absolute Gasteiger partial charge is 0.119 e. The molecule has 0 heterocycles. The van der Waals surface area contributed by atoms with Gasteiger partial charge in [-0.05, 0) is 45.0 Å². The molecule has 0 saturated heterocycles. The molecule has 0 amide bonds. The molecule has 1 aromatic rings. The molecule has 0 aliphatic rings. The van der Waals surface area contributed by atoms with Crippen molar-refractivity contribution in [1.29, 1.82) is 0 Å². The summed E-state index contributed by atoms with van der Waals surface area (Å²) in [5, 5.41) is 0. The number of benzene rings is 1. The standard InChI is InChI=1S/C14H24N2O/c1-12(2)16(3)9-4-10-17-14-7-5-13(11-15)6-8-14/h5-8,12H,4,9-11,15H2,1-3H3. The summed E-state index contributed by atoms with van der Waals surface area (Å²) in [6.07, 6.45) is 1.05. The lowest BCUT2D eigenvalue weighted by Crippen LogP contribution is -2.28. The van der Waals surface area contributed by atoms with E-state index in [9.17, 15) is 0 Å². The lowest BCUT2D eigenvalue weighted by molar-refractivity contribution is 0.234. The molecule has 0 unspecified atom stereocenters. The molecular weight excluding hydrogens is 212 g/mol. The third kappa shape index (κ3) is 5.20. The van der Waals surface area contributed by atoms with Crippen molar-refractivity contribution >= 4 is 0 Å². The minimum Gasteiger partial charge on any atom is -0.494 e. The molecule has 2 N–H and O–H groups in total. The summed E-state index contributed by atoms with van der Waals surface area (Å²) in [7, 11) is 2.14. The molecule has 0 atom stereocenters. The number of nitrogens with two attached hydrogens (primary N) is 1. The fraction of sp³-hybridized carbons (Fsp3) is 0.571. The van der Waals surface area contributed by atoms with Crippen LogP contribution in [0.4, 0.5) is 0 Å². The van der Waals surface area contributed by atoms with Gasteiger partial charge in [0.2, 0.25) is 0 Å². The first-order chi connectivity index (χ1) is 8.13. The maximum atomic E-state index is 5.67. The van der Waals surface area contributed by atoms with Crippen LogP contribution in [-0.2, 0) is 6.54 Å². The highest BCUT2D eigenvalue weighted by atomic mass is 16.5. The second-order valence-electron chi connectivity index (χ2n) is 4.62. The van der Waals surface area contributed by atoms with Gasteiger partial charge < -0.3 is 15.4 Å². The maximum absolute atomic E-state index is 5.67. The molecule has 0 aliphatic carbocycles. The highest BCUT2D eigenvalue weighted by Gasteiger charge is 2.02. The molecule has 0 radical (unpaired) electrons. The van der Waals surface area contributed by atoms with Gasteiger partial charge in [0.15, 0.2) is 0 Å². The predicted molar refractivity (Wildman–Crippen MR) is 72.2 cm³/mol. The van der Waals surface area contributed by atoms with Crippen molar-refractivity contribution in [3.8, 4) is 5.75 Å². The number of ether oxygens (including phenoxy) is 1. The van der Waals surface area contributed by atoms with Crippen LogP contribution in [0, 0.1) is 0 Å². The Balaban J connectivity index is 2.22. The first-order valence-electron chi connectivity index (χ1n) is 6.25. The zero-order chi connectivity index (χ0) is 12.7. The Hall–Kier alpha value is -1.06. The van der Waals surface area contributed by atoms with E-state index in [4.69, 9.17) is 10.5 Å². The topological polar surface area (TPSA) is 38.5 Å². The second-order valence-corrected chi connectivity index (χ2v) is 4.62. The molecule has 0 saturated carbocycles. The Bertz CT molecular complexity index is 309. The minimum absolute atomic E-state index is 0.583. The number of hydrogen-bond donors (Lipinski definition) is 1. The largest absolute Gasteiger partial charge is 0.494 e. The molecule has 1 rings (SSSR count). The highest BCUT2D eigenvalue weighted by molar-refractivity contribution is 5.26. The fourth-order valence-corrected chi connectivity index (χ4v) is 1.48. The van der Waals surface area contributed by atoms with Gasteiger partial charge in [-0.2, -0.15) is 0 Å². The summed E-state index contributed by atoms with van der Waals surface area (Å²) >= 11 is 0. The van der Waals surface area contributed by atoms with E-state index >= 15 is 0 Å². The molecule has 3 nitrogen and oxygen atoms in total. The lowest BCUT2D eigenvalue weighted by atomic mass is 10.2. The van der Waals surface area contributed by atoms with Crippen LogP contribution in [0.5, 0.6) is 5.75 Å². The third-order valence-electron chi connectivity index (χ3n) is 2.96. The monoisotopic (exact) mass is 236 g/mol. The van der Waals surface area contributed by atoms with E-state index in [1.807, 2.05) is 24.3 Å². The van der Waals surface area contributed by atoms with Crippen molar-refractivity contribution in [2.75, 3.05) is 20.2 Å². The SMILES string of the molecule is CC(C)N(C)CCCOc1ccc(CN)cc1. The van der Waals surface area contributed by atoms with Gasteiger partial charge in [0.05, 0.1) is 6.61 Å². The van der Waals surface area contributed by atoms with Crippen LogP contribution in [0.3, 0.4) is 0 Å². The Morgan fingerprint density at radius 2 is 1.88 bits per heavy atom. The van der Waals surface area contributed by atoms with Crippen molar-refractivity contribution < 1.29 is 4.74 Å². The van der Waals surface area contributed by atoms with Gasteiger partial charge >= 0.3 is 0 Å². The average molecular weight is 236 g/mol. The van der Waals surface area contributed by atoms with Gasteiger partial charge in [-0.1, -0.05) is 12.1 Å². The first kappa shape index (κ1) is 14.0. The number of rotatable bonds is 7. The minimum atomic E-state index is 0.583. The number of hydrogen-bond acceptors (Lipinski definition) is 3. The van der Waals surface area contributed by atoms with Crippen LogP contribution in [0.15, 0.2) is 24.3 Å². The first-order valence-corrected chi connectivity index (χ1v) is 6.25. The van der Waals surface area contributed by atoms with Crippen molar-refractivity contribution in [2.24, 2.45) is 5.73 Å². The normalized spacial score (nSPS) is 11.2. The molecule has 0 bridgehead atoms. The molecule has 96 valence electrons. The summed E-state index contributed by atoms with van der Waals surface area (Å²) in [5.41, 5.74) is 6.67. The molecule has 1 aromatic carbocycles. The number of nitrogens with zero attached hydrogens (tertiary/aromatic N) is 1. The van der Waals surface area contributed by atoms with Gasteiger partial charge in [-0.25, -0.2) is 0 Å². The van der Waals surface area contributed by atoms with Crippen molar-refractivity contribution in [3.63, 3.8) is 0 Å². The zero-order valence-electron chi connectivity index (χ0n) is 11.1. The van der Waals surface area contributed by atoms with Crippen LogP contribution < -0.4 is 10.5 Å². The summed E-state index contributed by atoms with van der Waals surface area (Å²) in [6, 6.07) is 8.58. The zero-order valence-corrected chi connectivity index (χ0v) is 11.1. The van der Waals surface area contributed by atoms with Crippen molar-refractivity contribution in [1.82, 2.24) is 4.90 Å². The van der Waals surface area contributed by atoms with E-state index < -0.39 is 0 Å². The van der Waals surface area contributed by atoms with E-state index in [0.29, 0.717) is 12.6 Å². The van der Waals surface area contributed by atoms with Gasteiger partial charge in [0, 0.05) is 19.1 Å². The van der Waals surface area contributed by atoms with Crippen molar-refractivity contribution in [3.05, 3.63) is 29.8 Å². The van der Waals surface area contributed by atoms with Gasteiger partial charge in [-0.3, -0.25) is 0 Å². The van der Waals surface area contributed by atoms with Gasteiger partial charge in [0.25, 0.3) is 0 Å². The van der Waals surface area contributed by atoms with E-state index in [0.717, 1.165) is 30.9 Å². The maximum Gasteiger partial charge on any atom is 0.119 e. The average Bonchev–Trinajstić information content (AvgIpc) is 2.35. The molecule has 3 heteroatoms. The van der Waals surface area contributed by atoms with E-state index in [1.165, 1.54) is 0 Å². The quantitative estimate of drug-likeness (QED) is 0.738. The Kier molecular flexibility index (Phi) is 6.01. The summed E-state index contributed by atoms with van der Waals surface area (Å²) in [6.45, 7) is 6.82. The molecule has 0 aliphatic heterocycles. The van der Waals surface area contributed by atoms with E-state index in [-0.39, 0.29) is 0 Å². The molecule has 0 spiro atoms. The van der Waals surface area contributed by atoms with Crippen LogP contribution in [0.2, 0.25) is 0 Å². The fourth-order valence-electron chi connectivity index (χ4n) is 1.48. The van der Waals surface area contributed by atoms with E-state index in [2.05, 4.69) is 25.8 Å². The molecular formula is C14H24N2O.